The molecule has 4 rings (SSSR count). The van der Waals surface area contributed by atoms with Crippen molar-refractivity contribution in [2.24, 2.45) is 0 Å². The lowest BCUT2D eigenvalue weighted by molar-refractivity contribution is -0.133. The number of aromatic nitrogens is 3. The van der Waals surface area contributed by atoms with Crippen molar-refractivity contribution in [3.05, 3.63) is 83.2 Å². The van der Waals surface area contributed by atoms with Crippen molar-refractivity contribution in [3.63, 3.8) is 0 Å². The van der Waals surface area contributed by atoms with Crippen LogP contribution in [0.25, 0.3) is 0 Å². The Morgan fingerprint density at radius 3 is 2.71 bits per heavy atom. The molecule has 0 saturated carbocycles. The fraction of sp³-hybridized carbons (Fsp3) is 0.304. The first-order valence-electron chi connectivity index (χ1n) is 10.3. The van der Waals surface area contributed by atoms with Gasteiger partial charge < -0.3 is 10.2 Å². The number of halogens is 1. The topological polar surface area (TPSA) is 80.1 Å². The van der Waals surface area contributed by atoms with Gasteiger partial charge in [-0.25, -0.2) is 4.39 Å². The molecule has 0 unspecified atom stereocenters. The zero-order valence-corrected chi connectivity index (χ0v) is 17.3. The minimum atomic E-state index is -0.310. The van der Waals surface area contributed by atoms with E-state index in [4.69, 9.17) is 0 Å². The normalized spacial score (nSPS) is 15.8. The Labute approximate surface area is 179 Å². The molecule has 1 N–H and O–H groups in total. The number of carbonyl (C=O) groups is 2. The fourth-order valence-electron chi connectivity index (χ4n) is 3.88. The predicted octanol–water partition coefficient (Wildman–Crippen LogP) is 3.02. The Bertz CT molecular complexity index is 1070. The lowest BCUT2D eigenvalue weighted by Gasteiger charge is -2.25. The number of aryl methyl sites for hydroxylation is 1. The summed E-state index contributed by atoms with van der Waals surface area (Å²) in [6.07, 6.45) is 5.17. The van der Waals surface area contributed by atoms with Crippen molar-refractivity contribution in [1.29, 1.82) is 0 Å². The van der Waals surface area contributed by atoms with E-state index < -0.39 is 0 Å². The first-order valence-corrected chi connectivity index (χ1v) is 10.3. The van der Waals surface area contributed by atoms with Crippen molar-refractivity contribution >= 4 is 11.8 Å². The van der Waals surface area contributed by atoms with E-state index in [1.807, 2.05) is 11.0 Å². The highest BCUT2D eigenvalue weighted by molar-refractivity contribution is 5.95. The molecule has 3 heterocycles. The van der Waals surface area contributed by atoms with Crippen molar-refractivity contribution in [2.45, 2.75) is 38.9 Å². The molecule has 0 spiro atoms. The average Bonchev–Trinajstić information content (AvgIpc) is 3.45. The monoisotopic (exact) mass is 421 g/mol. The van der Waals surface area contributed by atoms with Crippen LogP contribution in [0.15, 0.2) is 54.9 Å². The predicted molar refractivity (Wildman–Crippen MR) is 112 cm³/mol. The number of hydrogen-bond donors (Lipinski definition) is 1. The number of pyridine rings is 1. The number of rotatable bonds is 6. The summed E-state index contributed by atoms with van der Waals surface area (Å²) in [5.74, 6) is -0.541. The quantitative estimate of drug-likeness (QED) is 0.664. The minimum absolute atomic E-state index is 0.00627. The fourth-order valence-corrected chi connectivity index (χ4v) is 3.88. The highest BCUT2D eigenvalue weighted by Crippen LogP contribution is 2.31. The third-order valence-corrected chi connectivity index (χ3v) is 5.49. The van der Waals surface area contributed by atoms with Crippen LogP contribution in [0, 0.1) is 12.7 Å². The lowest BCUT2D eigenvalue weighted by atomic mass is 10.1. The molecule has 2 amide bonds. The summed E-state index contributed by atoms with van der Waals surface area (Å²) in [7, 11) is 0. The van der Waals surface area contributed by atoms with Crippen LogP contribution in [0.5, 0.6) is 0 Å². The van der Waals surface area contributed by atoms with E-state index in [9.17, 15) is 14.0 Å². The second kappa shape index (κ2) is 9.07. The number of likely N-dealkylation sites (tertiary alicyclic amines) is 1. The highest BCUT2D eigenvalue weighted by Gasteiger charge is 2.31. The van der Waals surface area contributed by atoms with Crippen LogP contribution in [0.3, 0.4) is 0 Å². The molecule has 2 aromatic heterocycles. The number of carbonyl (C=O) groups excluding carboxylic acids is 2. The van der Waals surface area contributed by atoms with Crippen molar-refractivity contribution < 1.29 is 14.0 Å². The smallest absolute Gasteiger partial charge is 0.253 e. The minimum Gasteiger partial charge on any atom is -0.348 e. The molecule has 31 heavy (non-hydrogen) atoms. The molecule has 1 fully saturated rings. The van der Waals surface area contributed by atoms with Crippen LogP contribution in [0.2, 0.25) is 0 Å². The van der Waals surface area contributed by atoms with Gasteiger partial charge in [-0.2, -0.15) is 5.10 Å². The summed E-state index contributed by atoms with van der Waals surface area (Å²) in [6.45, 7) is 2.98. The molecule has 1 atom stereocenters. The van der Waals surface area contributed by atoms with E-state index in [0.717, 1.165) is 24.1 Å². The van der Waals surface area contributed by atoms with Gasteiger partial charge in [0.25, 0.3) is 5.91 Å². The molecule has 1 aromatic carbocycles. The maximum absolute atomic E-state index is 13.0. The van der Waals surface area contributed by atoms with Crippen LogP contribution in [0.4, 0.5) is 4.39 Å². The van der Waals surface area contributed by atoms with Crippen molar-refractivity contribution in [3.8, 4) is 0 Å². The molecule has 1 saturated heterocycles. The Kier molecular flexibility index (Phi) is 6.06. The summed E-state index contributed by atoms with van der Waals surface area (Å²) < 4.78 is 14.6. The maximum atomic E-state index is 13.0. The second-order valence-electron chi connectivity index (χ2n) is 7.63. The Morgan fingerprint density at radius 2 is 2.00 bits per heavy atom. The summed E-state index contributed by atoms with van der Waals surface area (Å²) in [5, 5.41) is 6.95. The molecule has 1 aliphatic heterocycles. The van der Waals surface area contributed by atoms with E-state index >= 15 is 0 Å². The van der Waals surface area contributed by atoms with Crippen LogP contribution >= 0.6 is 0 Å². The summed E-state index contributed by atoms with van der Waals surface area (Å²) in [5.41, 5.74) is 2.70. The third-order valence-electron chi connectivity index (χ3n) is 5.49. The molecular formula is C23H24FN5O2. The van der Waals surface area contributed by atoms with Gasteiger partial charge in [-0.15, -0.1) is 0 Å². The van der Waals surface area contributed by atoms with E-state index in [1.54, 1.807) is 48.3 Å². The van der Waals surface area contributed by atoms with Gasteiger partial charge in [-0.05, 0) is 55.7 Å². The van der Waals surface area contributed by atoms with Crippen LogP contribution in [0.1, 0.15) is 46.2 Å². The third kappa shape index (κ3) is 4.79. The van der Waals surface area contributed by atoms with E-state index in [0.29, 0.717) is 24.3 Å². The van der Waals surface area contributed by atoms with Crippen LogP contribution in [-0.2, 0) is 17.9 Å². The van der Waals surface area contributed by atoms with E-state index in [2.05, 4.69) is 15.4 Å². The Morgan fingerprint density at radius 1 is 1.19 bits per heavy atom. The average molecular weight is 421 g/mol. The lowest BCUT2D eigenvalue weighted by Crippen LogP contribution is -2.34. The van der Waals surface area contributed by atoms with Gasteiger partial charge in [-0.1, -0.05) is 12.1 Å². The number of benzene rings is 1. The standard InChI is InChI=1S/C23H24FN5O2/c1-16-19(23(31)25-14-17-5-7-18(24)8-6-17)9-10-20(27-16)21-4-2-13-29(21)22(30)15-28-12-3-11-26-28/h3,5-12,21H,2,4,13-15H2,1H3,(H,25,31)/t21-/m1/s1. The first-order chi connectivity index (χ1) is 15.0. The molecule has 3 aromatic rings. The summed E-state index contributed by atoms with van der Waals surface area (Å²) >= 11 is 0. The summed E-state index contributed by atoms with van der Waals surface area (Å²) in [4.78, 5) is 31.8. The van der Waals surface area contributed by atoms with Crippen LogP contribution in [-0.4, -0.2) is 38.0 Å². The zero-order chi connectivity index (χ0) is 21.8. The second-order valence-corrected chi connectivity index (χ2v) is 7.63. The van der Waals surface area contributed by atoms with Gasteiger partial charge >= 0.3 is 0 Å². The summed E-state index contributed by atoms with van der Waals surface area (Å²) in [6, 6.07) is 11.3. The van der Waals surface area contributed by atoms with E-state index in [1.165, 1.54) is 12.1 Å². The van der Waals surface area contributed by atoms with Crippen molar-refractivity contribution in [2.75, 3.05) is 6.54 Å². The van der Waals surface area contributed by atoms with Gasteiger partial charge in [-0.3, -0.25) is 19.3 Å². The highest BCUT2D eigenvalue weighted by atomic mass is 19.1. The SMILES string of the molecule is Cc1nc([C@H]2CCCN2C(=O)Cn2cccn2)ccc1C(=O)NCc1ccc(F)cc1. The molecule has 7 nitrogen and oxygen atoms in total. The van der Waals surface area contributed by atoms with Gasteiger partial charge in [0.15, 0.2) is 0 Å². The Balaban J connectivity index is 1.43. The Hall–Kier alpha value is -3.55. The zero-order valence-electron chi connectivity index (χ0n) is 17.3. The van der Waals surface area contributed by atoms with Gasteiger partial charge in [0.1, 0.15) is 12.4 Å². The number of amides is 2. The molecule has 160 valence electrons. The molecular weight excluding hydrogens is 397 g/mol. The number of hydrogen-bond acceptors (Lipinski definition) is 4. The maximum Gasteiger partial charge on any atom is 0.253 e. The van der Waals surface area contributed by atoms with E-state index in [-0.39, 0.29) is 30.2 Å². The molecule has 0 aliphatic carbocycles. The molecule has 1 aliphatic rings. The number of nitrogens with one attached hydrogen (secondary N) is 1. The van der Waals surface area contributed by atoms with Crippen molar-refractivity contribution in [1.82, 2.24) is 25.0 Å². The van der Waals surface area contributed by atoms with Gasteiger partial charge in [0, 0.05) is 25.5 Å². The van der Waals surface area contributed by atoms with Crippen LogP contribution < -0.4 is 5.32 Å². The largest absolute Gasteiger partial charge is 0.348 e. The molecule has 0 radical (unpaired) electrons. The van der Waals surface area contributed by atoms with Gasteiger partial charge in [0.2, 0.25) is 5.91 Å². The molecule has 0 bridgehead atoms. The number of nitrogens with zero attached hydrogens (tertiary/aromatic N) is 4. The first kappa shape index (κ1) is 20.7. The van der Waals surface area contributed by atoms with Gasteiger partial charge in [0.05, 0.1) is 23.0 Å². The molecule has 8 heteroatoms.